The third-order valence-corrected chi connectivity index (χ3v) is 1.85. The first-order chi connectivity index (χ1) is 4.86. The number of nitrogens with one attached hydrogen (secondary N) is 2. The second-order valence-electron chi connectivity index (χ2n) is 2.12. The molecule has 0 saturated heterocycles. The average molecular weight is 197 g/mol. The first-order valence-corrected chi connectivity index (χ1v) is 3.89. The molecule has 0 bridgehead atoms. The summed E-state index contributed by atoms with van der Waals surface area (Å²) in [6.07, 6.45) is 0. The van der Waals surface area contributed by atoms with Gasteiger partial charge in [-0.15, -0.1) is 0 Å². The zero-order valence-electron chi connectivity index (χ0n) is 5.22. The van der Waals surface area contributed by atoms with Gasteiger partial charge in [0.1, 0.15) is 0 Å². The van der Waals surface area contributed by atoms with E-state index in [0.29, 0.717) is 0 Å². The Hall–Kier alpha value is -0.791. The number of hydrogen-bond donors (Lipinski definition) is 2. The van der Waals surface area contributed by atoms with Crippen LogP contribution in [0, 0.1) is 4.32 Å². The summed E-state index contributed by atoms with van der Waals surface area (Å²) < 4.78 is 0.973. The number of fused-ring (bicyclic) bond motifs is 1. The quantitative estimate of drug-likeness (QED) is 0.594. The number of aromatic nitrogens is 2. The summed E-state index contributed by atoms with van der Waals surface area (Å²) in [5.74, 6) is 0. The molecule has 1 aromatic heterocycles. The molecule has 0 fully saturated rings. The van der Waals surface area contributed by atoms with E-state index >= 15 is 0 Å². The molecular weight excluding hydrogens is 191 g/mol. The molecule has 2 rings (SSSR count). The van der Waals surface area contributed by atoms with Crippen molar-refractivity contribution in [2.24, 2.45) is 0 Å². The van der Waals surface area contributed by atoms with Crippen molar-refractivity contribution in [2.75, 3.05) is 0 Å². The van der Waals surface area contributed by atoms with Gasteiger partial charge in [-0.2, -0.15) is 0 Å². The van der Waals surface area contributed by atoms with Crippen LogP contribution in [0.1, 0.15) is 0 Å². The van der Waals surface area contributed by atoms with Gasteiger partial charge in [0.15, 0.2) is 0 Å². The molecule has 0 saturated carbocycles. The van der Waals surface area contributed by atoms with E-state index in [9.17, 15) is 0 Å². The van der Waals surface area contributed by atoms with Crippen LogP contribution in [-0.4, -0.2) is 25.5 Å². The zero-order valence-corrected chi connectivity index (χ0v) is 6.93. The number of imidazole rings is 1. The van der Waals surface area contributed by atoms with Crippen LogP contribution >= 0.6 is 0 Å². The van der Waals surface area contributed by atoms with Crippen LogP contribution < -0.4 is 0 Å². The fourth-order valence-corrected chi connectivity index (χ4v) is 1.44. The Bertz CT molecular complexity index is 363. The molecule has 2 nitrogen and oxygen atoms in total. The van der Waals surface area contributed by atoms with Crippen LogP contribution in [0.5, 0.6) is 0 Å². The van der Waals surface area contributed by atoms with E-state index in [4.69, 9.17) is 0 Å². The summed E-state index contributed by atoms with van der Waals surface area (Å²) in [6, 6.07) is 8.08. The van der Waals surface area contributed by atoms with Crippen molar-refractivity contribution in [1.82, 2.24) is 9.97 Å². The third kappa shape index (κ3) is 0.838. The molecule has 0 unspecified atom stereocenters. The van der Waals surface area contributed by atoms with Crippen LogP contribution in [0.4, 0.5) is 0 Å². The van der Waals surface area contributed by atoms with E-state index in [1.54, 1.807) is 0 Å². The van der Waals surface area contributed by atoms with E-state index in [1.165, 1.54) is 0 Å². The van der Waals surface area contributed by atoms with Gasteiger partial charge in [-0.3, -0.25) is 0 Å². The van der Waals surface area contributed by atoms with Crippen molar-refractivity contribution < 1.29 is 0 Å². The fraction of sp³-hybridized carbons (Fsp3) is 0. The average Bonchev–Trinajstić information content (AvgIpc) is 2.27. The number of para-hydroxylation sites is 2. The Balaban J connectivity index is 3.01. The number of benzene rings is 1. The van der Waals surface area contributed by atoms with E-state index in [1.807, 2.05) is 24.3 Å². The number of rotatable bonds is 0. The maximum atomic E-state index is 3.15. The monoisotopic (exact) mass is 198 g/mol. The van der Waals surface area contributed by atoms with E-state index < -0.39 is 0 Å². The van der Waals surface area contributed by atoms with Gasteiger partial charge in [0.05, 0.1) is 0 Å². The summed E-state index contributed by atoms with van der Waals surface area (Å²) in [5.41, 5.74) is 2.27. The number of aromatic amines is 2. The van der Waals surface area contributed by atoms with Crippen molar-refractivity contribution in [3.8, 4) is 0 Å². The normalized spacial score (nSPS) is 10.4. The number of H-pyrrole nitrogens is 2. The Kier molecular flexibility index (Phi) is 1.26. The standard InChI is InChI=1S/C7H6N2Se/c10-7-8-5-3-1-2-4-6(5)9-7/h1-4H,(H2,8,9,10). The molecule has 1 heterocycles. The summed E-state index contributed by atoms with van der Waals surface area (Å²) >= 11 is 2.88. The van der Waals surface area contributed by atoms with E-state index in [0.717, 1.165) is 15.4 Å². The maximum absolute atomic E-state index is 3.15. The van der Waals surface area contributed by atoms with Gasteiger partial charge >= 0.3 is 65.2 Å². The minimum atomic E-state index is 0.973. The Morgan fingerprint density at radius 3 is 2.00 bits per heavy atom. The molecule has 2 N–H and O–H groups in total. The van der Waals surface area contributed by atoms with Crippen LogP contribution in [0.15, 0.2) is 24.3 Å². The van der Waals surface area contributed by atoms with Crippen molar-refractivity contribution in [2.45, 2.75) is 0 Å². The molecule has 2 aromatic rings. The molecule has 0 aliphatic rings. The van der Waals surface area contributed by atoms with E-state index in [2.05, 4.69) is 25.5 Å². The first kappa shape index (κ1) is 5.95. The fourth-order valence-electron chi connectivity index (χ4n) is 0.977. The molecule has 50 valence electrons. The first-order valence-electron chi connectivity index (χ1n) is 3.03. The topological polar surface area (TPSA) is 31.6 Å². The van der Waals surface area contributed by atoms with E-state index in [-0.39, 0.29) is 0 Å². The molecule has 10 heavy (non-hydrogen) atoms. The Labute approximate surface area is 65.6 Å². The third-order valence-electron chi connectivity index (χ3n) is 1.42. The van der Waals surface area contributed by atoms with Crippen LogP contribution in [-0.2, 0) is 0 Å². The van der Waals surface area contributed by atoms with Crippen LogP contribution in [0.2, 0.25) is 0 Å². The van der Waals surface area contributed by atoms with Gasteiger partial charge in [-0.25, -0.2) is 0 Å². The summed E-state index contributed by atoms with van der Waals surface area (Å²) in [4.78, 5) is 6.29. The van der Waals surface area contributed by atoms with Gasteiger partial charge in [0, 0.05) is 0 Å². The van der Waals surface area contributed by atoms with Crippen LogP contribution in [0.3, 0.4) is 0 Å². The Morgan fingerprint density at radius 1 is 1.00 bits per heavy atom. The zero-order chi connectivity index (χ0) is 6.97. The molecule has 0 radical (unpaired) electrons. The summed E-state index contributed by atoms with van der Waals surface area (Å²) in [7, 11) is 0. The van der Waals surface area contributed by atoms with Crippen molar-refractivity contribution in [1.29, 1.82) is 0 Å². The molecule has 0 atom stereocenters. The van der Waals surface area contributed by atoms with Gasteiger partial charge in [-0.1, -0.05) is 0 Å². The molecule has 0 aliphatic heterocycles. The summed E-state index contributed by atoms with van der Waals surface area (Å²) in [5, 5.41) is 0. The molecule has 0 spiro atoms. The Morgan fingerprint density at radius 2 is 1.50 bits per heavy atom. The molecule has 0 amide bonds. The second-order valence-corrected chi connectivity index (χ2v) is 2.98. The molecule has 0 aliphatic carbocycles. The predicted octanol–water partition coefficient (Wildman–Crippen LogP) is 1.20. The number of hydrogen-bond acceptors (Lipinski definition) is 0. The van der Waals surface area contributed by atoms with Gasteiger partial charge in [0.25, 0.3) is 0 Å². The van der Waals surface area contributed by atoms with Gasteiger partial charge in [-0.05, 0) is 0 Å². The van der Waals surface area contributed by atoms with Crippen molar-refractivity contribution in [3.05, 3.63) is 28.6 Å². The van der Waals surface area contributed by atoms with Gasteiger partial charge < -0.3 is 0 Å². The van der Waals surface area contributed by atoms with Crippen molar-refractivity contribution in [3.63, 3.8) is 0 Å². The SMILES string of the molecule is [Se]=c1[nH]c2ccccc2[nH]1. The minimum absolute atomic E-state index is 0.973. The van der Waals surface area contributed by atoms with Gasteiger partial charge in [0.2, 0.25) is 0 Å². The molecule has 1 aromatic carbocycles. The van der Waals surface area contributed by atoms with Crippen molar-refractivity contribution >= 4 is 26.6 Å². The predicted molar refractivity (Wildman–Crippen MR) is 41.6 cm³/mol. The molecule has 3 heteroatoms. The van der Waals surface area contributed by atoms with Crippen LogP contribution in [0.25, 0.3) is 11.0 Å². The summed E-state index contributed by atoms with van der Waals surface area (Å²) in [6.45, 7) is 0. The second kappa shape index (κ2) is 2.11. The molecular formula is C7H6N2Se.